The van der Waals surface area contributed by atoms with E-state index in [-0.39, 0.29) is 12.2 Å². The first-order valence-corrected chi connectivity index (χ1v) is 5.45. The van der Waals surface area contributed by atoms with Gasteiger partial charge >= 0.3 is 12.1 Å². The quantitative estimate of drug-likeness (QED) is 0.828. The fourth-order valence-corrected chi connectivity index (χ4v) is 1.92. The lowest BCUT2D eigenvalue weighted by Gasteiger charge is -2.24. The van der Waals surface area contributed by atoms with E-state index in [0.29, 0.717) is 18.5 Å². The summed E-state index contributed by atoms with van der Waals surface area (Å²) in [6.45, 7) is 0.647. The molecule has 0 saturated heterocycles. The van der Waals surface area contributed by atoms with E-state index in [1.807, 2.05) is 0 Å². The highest BCUT2D eigenvalue weighted by atomic mass is 16.4. The van der Waals surface area contributed by atoms with Gasteiger partial charge in [-0.2, -0.15) is 0 Å². The Morgan fingerprint density at radius 3 is 2.67 bits per heavy atom. The van der Waals surface area contributed by atoms with Gasteiger partial charge in [0.05, 0.1) is 0 Å². The highest BCUT2D eigenvalue weighted by molar-refractivity contribution is 5.92. The second-order valence-corrected chi connectivity index (χ2v) is 3.91. The molecule has 0 radical (unpaired) electrons. The van der Waals surface area contributed by atoms with Gasteiger partial charge in [0.2, 0.25) is 0 Å². The van der Waals surface area contributed by atoms with E-state index in [4.69, 9.17) is 10.2 Å². The Morgan fingerprint density at radius 2 is 2.11 bits per heavy atom. The van der Waals surface area contributed by atoms with E-state index < -0.39 is 12.1 Å². The van der Waals surface area contributed by atoms with Crippen molar-refractivity contribution < 1.29 is 19.8 Å². The van der Waals surface area contributed by atoms with Crippen molar-refractivity contribution in [2.24, 2.45) is 0 Å². The Labute approximate surface area is 103 Å². The second-order valence-electron chi connectivity index (χ2n) is 3.91. The molecule has 6 nitrogen and oxygen atoms in total. The Kier molecular flexibility index (Phi) is 3.27. The summed E-state index contributed by atoms with van der Waals surface area (Å²) in [6.07, 6.45) is 2.70. The Balaban J connectivity index is 2.29. The molecule has 2 N–H and O–H groups in total. The zero-order valence-corrected chi connectivity index (χ0v) is 9.54. The minimum atomic E-state index is -1.08. The van der Waals surface area contributed by atoms with Crippen molar-refractivity contribution >= 4 is 17.6 Å². The Bertz CT molecular complexity index is 525. The summed E-state index contributed by atoms with van der Waals surface area (Å²) >= 11 is 0. The topological polar surface area (TPSA) is 90.7 Å². The molecule has 94 valence electrons. The summed E-state index contributed by atoms with van der Waals surface area (Å²) < 4.78 is 0. The van der Waals surface area contributed by atoms with Crippen LogP contribution >= 0.6 is 0 Å². The van der Waals surface area contributed by atoms with Gasteiger partial charge in [0.25, 0.3) is 0 Å². The van der Waals surface area contributed by atoms with Crippen molar-refractivity contribution in [3.8, 4) is 0 Å². The third-order valence-corrected chi connectivity index (χ3v) is 2.84. The van der Waals surface area contributed by atoms with Crippen molar-refractivity contribution in [3.63, 3.8) is 0 Å². The van der Waals surface area contributed by atoms with Gasteiger partial charge < -0.3 is 15.1 Å². The molecule has 0 bridgehead atoms. The molecule has 6 heteroatoms. The van der Waals surface area contributed by atoms with Crippen molar-refractivity contribution in [1.82, 2.24) is 9.88 Å². The molecule has 1 amide bonds. The lowest BCUT2D eigenvalue weighted by Crippen LogP contribution is -2.33. The van der Waals surface area contributed by atoms with Gasteiger partial charge in [-0.25, -0.2) is 14.6 Å². The van der Waals surface area contributed by atoms with Crippen LogP contribution in [0.15, 0.2) is 24.4 Å². The molecule has 1 aromatic rings. The third kappa shape index (κ3) is 2.32. The molecule has 0 unspecified atom stereocenters. The monoisotopic (exact) mass is 248 g/mol. The largest absolute Gasteiger partial charge is 0.476 e. The molecule has 1 aromatic heterocycles. The van der Waals surface area contributed by atoms with Crippen LogP contribution in [0.5, 0.6) is 0 Å². The van der Waals surface area contributed by atoms with Crippen LogP contribution in [0.2, 0.25) is 0 Å². The average molecular weight is 248 g/mol. The number of pyridine rings is 1. The van der Waals surface area contributed by atoms with E-state index >= 15 is 0 Å². The number of rotatable bonds is 2. The summed E-state index contributed by atoms with van der Waals surface area (Å²) in [6, 6.07) is 3.37. The van der Waals surface area contributed by atoms with E-state index in [0.717, 1.165) is 5.57 Å². The van der Waals surface area contributed by atoms with Crippen LogP contribution in [-0.2, 0) is 0 Å². The summed E-state index contributed by atoms with van der Waals surface area (Å²) in [7, 11) is 0. The van der Waals surface area contributed by atoms with Gasteiger partial charge in [0.1, 0.15) is 0 Å². The first kappa shape index (κ1) is 12.1. The smallest absolute Gasteiger partial charge is 0.407 e. The number of aromatic carboxylic acids is 1. The number of hydrogen-bond acceptors (Lipinski definition) is 3. The molecule has 18 heavy (non-hydrogen) atoms. The van der Waals surface area contributed by atoms with Crippen molar-refractivity contribution in [2.45, 2.75) is 6.42 Å². The van der Waals surface area contributed by atoms with Crippen LogP contribution < -0.4 is 0 Å². The lowest BCUT2D eigenvalue weighted by molar-refractivity contribution is 0.0690. The zero-order chi connectivity index (χ0) is 13.1. The Hall–Kier alpha value is -2.37. The number of carbonyl (C=O) groups is 2. The standard InChI is InChI=1S/C12H12N2O4/c15-11(16)10-9(2-1-5-13-10)8-3-6-14(7-4-8)12(17)18/h1-3,5H,4,6-7H2,(H,15,16)(H,17,18). The van der Waals surface area contributed by atoms with E-state index in [1.54, 1.807) is 18.2 Å². The first-order chi connectivity index (χ1) is 8.59. The average Bonchev–Trinajstić information content (AvgIpc) is 2.39. The number of carboxylic acids is 1. The number of hydrogen-bond donors (Lipinski definition) is 2. The molecule has 0 saturated carbocycles. The molecule has 1 aliphatic rings. The van der Waals surface area contributed by atoms with E-state index in [2.05, 4.69) is 4.98 Å². The van der Waals surface area contributed by atoms with Gasteiger partial charge in [0, 0.05) is 24.8 Å². The summed E-state index contributed by atoms with van der Waals surface area (Å²) in [5.74, 6) is -1.08. The van der Waals surface area contributed by atoms with Crippen molar-refractivity contribution in [2.75, 3.05) is 13.1 Å². The molecular formula is C12H12N2O4. The predicted molar refractivity (Wildman–Crippen MR) is 63.4 cm³/mol. The lowest BCUT2D eigenvalue weighted by atomic mass is 9.98. The summed E-state index contributed by atoms with van der Waals surface area (Å²) in [5, 5.41) is 17.9. The van der Waals surface area contributed by atoms with Gasteiger partial charge in [-0.3, -0.25) is 0 Å². The second kappa shape index (κ2) is 4.87. The first-order valence-electron chi connectivity index (χ1n) is 5.45. The molecule has 0 aliphatic carbocycles. The van der Waals surface area contributed by atoms with E-state index in [1.165, 1.54) is 11.1 Å². The van der Waals surface area contributed by atoms with E-state index in [9.17, 15) is 9.59 Å². The molecule has 0 aromatic carbocycles. The molecule has 0 fully saturated rings. The minimum Gasteiger partial charge on any atom is -0.476 e. The maximum absolute atomic E-state index is 11.0. The molecule has 2 heterocycles. The van der Waals surface area contributed by atoms with Crippen LogP contribution in [0.1, 0.15) is 22.5 Å². The number of amides is 1. The SMILES string of the molecule is O=C(O)c1ncccc1C1=CCN(C(=O)O)CC1. The normalized spacial score (nSPS) is 15.1. The van der Waals surface area contributed by atoms with Crippen molar-refractivity contribution in [1.29, 1.82) is 0 Å². The van der Waals surface area contributed by atoms with Crippen LogP contribution in [-0.4, -0.2) is 45.2 Å². The number of carboxylic acid groups (broad SMARTS) is 2. The fourth-order valence-electron chi connectivity index (χ4n) is 1.92. The van der Waals surface area contributed by atoms with Crippen LogP contribution in [0.3, 0.4) is 0 Å². The molecule has 1 aliphatic heterocycles. The van der Waals surface area contributed by atoms with Crippen LogP contribution in [0.4, 0.5) is 4.79 Å². The van der Waals surface area contributed by atoms with Crippen molar-refractivity contribution in [3.05, 3.63) is 35.7 Å². The van der Waals surface area contributed by atoms with Gasteiger partial charge in [-0.15, -0.1) is 0 Å². The predicted octanol–water partition coefficient (Wildman–Crippen LogP) is 1.55. The Morgan fingerprint density at radius 1 is 1.33 bits per heavy atom. The maximum Gasteiger partial charge on any atom is 0.407 e. The summed E-state index contributed by atoms with van der Waals surface area (Å²) in [5.41, 5.74) is 1.40. The molecular weight excluding hydrogens is 236 g/mol. The van der Waals surface area contributed by atoms with Crippen LogP contribution in [0.25, 0.3) is 5.57 Å². The van der Waals surface area contributed by atoms with Gasteiger partial charge in [0.15, 0.2) is 5.69 Å². The number of nitrogens with zero attached hydrogens (tertiary/aromatic N) is 2. The number of aromatic nitrogens is 1. The van der Waals surface area contributed by atoms with Gasteiger partial charge in [-0.05, 0) is 18.1 Å². The highest BCUT2D eigenvalue weighted by Crippen LogP contribution is 2.24. The highest BCUT2D eigenvalue weighted by Gasteiger charge is 2.20. The third-order valence-electron chi connectivity index (χ3n) is 2.84. The zero-order valence-electron chi connectivity index (χ0n) is 9.54. The molecule has 0 spiro atoms. The molecule has 0 atom stereocenters. The summed E-state index contributed by atoms with van der Waals surface area (Å²) in [4.78, 5) is 26.9. The molecule has 2 rings (SSSR count). The maximum atomic E-state index is 11.0. The minimum absolute atomic E-state index is 0.00697. The van der Waals surface area contributed by atoms with Gasteiger partial charge in [-0.1, -0.05) is 12.1 Å². The van der Waals surface area contributed by atoms with Crippen LogP contribution in [0, 0.1) is 0 Å². The fraction of sp³-hybridized carbons (Fsp3) is 0.250.